The number of hydrogen-bond donors (Lipinski definition) is 0. The Kier molecular flexibility index (Phi) is 4.04. The van der Waals surface area contributed by atoms with Crippen LogP contribution in [0.25, 0.3) is 22.8 Å². The molecule has 0 saturated carbocycles. The van der Waals surface area contributed by atoms with Crippen LogP contribution in [-0.4, -0.2) is 20.3 Å². The van der Waals surface area contributed by atoms with Gasteiger partial charge in [-0.05, 0) is 12.1 Å². The molecule has 0 saturated heterocycles. The minimum Gasteiger partial charge on any atom is -0.421 e. The van der Waals surface area contributed by atoms with E-state index < -0.39 is 5.82 Å². The first kappa shape index (κ1) is 15.2. The van der Waals surface area contributed by atoms with Gasteiger partial charge >= 0.3 is 0 Å². The lowest BCUT2D eigenvalue weighted by atomic mass is 10.2. The number of halogens is 1. The summed E-state index contributed by atoms with van der Waals surface area (Å²) >= 11 is 0. The molecule has 0 atom stereocenters. The van der Waals surface area contributed by atoms with Gasteiger partial charge in [-0.1, -0.05) is 47.6 Å². The first-order chi connectivity index (χ1) is 12.3. The molecule has 2 aromatic heterocycles. The lowest BCUT2D eigenvalue weighted by molar-refractivity contribution is 0.373. The standard InChI is InChI=1S/C18H13FN4O2/c19-14-9-5-4-8-13(14)18-22-21-16(24-18)11-10-15-20-17(23-25-15)12-6-2-1-3-7-12/h1-9H,10-11H2. The Hall–Kier alpha value is -3.35. The van der Waals surface area contributed by atoms with Crippen LogP contribution in [0, 0.1) is 5.82 Å². The molecule has 4 aromatic rings. The Bertz CT molecular complexity index is 981. The topological polar surface area (TPSA) is 77.8 Å². The third kappa shape index (κ3) is 3.30. The first-order valence-corrected chi connectivity index (χ1v) is 7.75. The van der Waals surface area contributed by atoms with E-state index in [-0.39, 0.29) is 11.5 Å². The average molecular weight is 336 g/mol. The van der Waals surface area contributed by atoms with E-state index in [4.69, 9.17) is 8.94 Å². The summed E-state index contributed by atoms with van der Waals surface area (Å²) in [6, 6.07) is 15.8. The van der Waals surface area contributed by atoms with Crippen molar-refractivity contribution < 1.29 is 13.3 Å². The molecule has 2 aromatic carbocycles. The number of hydrogen-bond acceptors (Lipinski definition) is 6. The predicted octanol–water partition coefficient (Wildman–Crippen LogP) is 3.71. The highest BCUT2D eigenvalue weighted by Gasteiger charge is 2.14. The van der Waals surface area contributed by atoms with E-state index in [2.05, 4.69) is 20.3 Å². The Morgan fingerprint density at radius 2 is 1.60 bits per heavy atom. The van der Waals surface area contributed by atoms with Crippen LogP contribution in [0.4, 0.5) is 4.39 Å². The number of nitrogens with zero attached hydrogens (tertiary/aromatic N) is 4. The maximum absolute atomic E-state index is 13.7. The van der Waals surface area contributed by atoms with E-state index in [0.29, 0.717) is 30.4 Å². The smallest absolute Gasteiger partial charge is 0.250 e. The molecule has 0 aliphatic carbocycles. The zero-order valence-electron chi connectivity index (χ0n) is 13.1. The van der Waals surface area contributed by atoms with E-state index in [1.54, 1.807) is 18.2 Å². The van der Waals surface area contributed by atoms with Crippen molar-refractivity contribution in [1.29, 1.82) is 0 Å². The summed E-state index contributed by atoms with van der Waals surface area (Å²) in [4.78, 5) is 4.35. The summed E-state index contributed by atoms with van der Waals surface area (Å²) in [5.74, 6) is 1.15. The second-order valence-electron chi connectivity index (χ2n) is 5.36. The molecule has 2 heterocycles. The van der Waals surface area contributed by atoms with Gasteiger partial charge in [0.05, 0.1) is 5.56 Å². The zero-order valence-corrected chi connectivity index (χ0v) is 13.1. The second kappa shape index (κ2) is 6.64. The molecule has 4 rings (SSSR count). The van der Waals surface area contributed by atoms with Crippen molar-refractivity contribution in [3.63, 3.8) is 0 Å². The molecule has 0 fully saturated rings. The van der Waals surface area contributed by atoms with Crippen molar-refractivity contribution in [1.82, 2.24) is 20.3 Å². The zero-order chi connectivity index (χ0) is 17.1. The molecule has 0 amide bonds. The van der Waals surface area contributed by atoms with Crippen LogP contribution < -0.4 is 0 Å². The van der Waals surface area contributed by atoms with E-state index in [1.807, 2.05) is 30.3 Å². The van der Waals surface area contributed by atoms with Crippen LogP contribution in [-0.2, 0) is 12.8 Å². The van der Waals surface area contributed by atoms with Gasteiger partial charge in [-0.2, -0.15) is 4.98 Å². The minimum atomic E-state index is -0.401. The van der Waals surface area contributed by atoms with E-state index in [9.17, 15) is 4.39 Å². The third-order valence-corrected chi connectivity index (χ3v) is 3.62. The van der Waals surface area contributed by atoms with Crippen LogP contribution in [0.1, 0.15) is 11.8 Å². The van der Waals surface area contributed by atoms with Gasteiger partial charge in [-0.25, -0.2) is 4.39 Å². The average Bonchev–Trinajstić information content (AvgIpc) is 3.31. The summed E-state index contributed by atoms with van der Waals surface area (Å²) in [7, 11) is 0. The maximum atomic E-state index is 13.7. The van der Waals surface area contributed by atoms with Crippen molar-refractivity contribution in [3.05, 3.63) is 72.2 Å². The van der Waals surface area contributed by atoms with Crippen molar-refractivity contribution in [2.45, 2.75) is 12.8 Å². The predicted molar refractivity (Wildman–Crippen MR) is 86.8 cm³/mol. The highest BCUT2D eigenvalue weighted by Crippen LogP contribution is 2.21. The minimum absolute atomic E-state index is 0.156. The molecule has 0 radical (unpaired) electrons. The normalized spacial score (nSPS) is 10.9. The largest absolute Gasteiger partial charge is 0.421 e. The third-order valence-electron chi connectivity index (χ3n) is 3.62. The van der Waals surface area contributed by atoms with Crippen LogP contribution in [0.15, 0.2) is 63.5 Å². The maximum Gasteiger partial charge on any atom is 0.250 e. The van der Waals surface area contributed by atoms with Crippen molar-refractivity contribution in [2.75, 3.05) is 0 Å². The molecule has 25 heavy (non-hydrogen) atoms. The molecule has 6 nitrogen and oxygen atoms in total. The van der Waals surface area contributed by atoms with Crippen molar-refractivity contribution in [2.24, 2.45) is 0 Å². The fourth-order valence-corrected chi connectivity index (χ4v) is 2.37. The molecule has 0 bridgehead atoms. The van der Waals surface area contributed by atoms with Gasteiger partial charge in [0.15, 0.2) is 0 Å². The van der Waals surface area contributed by atoms with Crippen LogP contribution >= 0.6 is 0 Å². The molecule has 0 N–H and O–H groups in total. The Balaban J connectivity index is 1.44. The van der Waals surface area contributed by atoms with Crippen LogP contribution in [0.3, 0.4) is 0 Å². The lowest BCUT2D eigenvalue weighted by Crippen LogP contribution is -1.92. The molecule has 0 unspecified atom stereocenters. The molecular formula is C18H13FN4O2. The lowest BCUT2D eigenvalue weighted by Gasteiger charge is -1.95. The second-order valence-corrected chi connectivity index (χ2v) is 5.36. The number of rotatable bonds is 5. The fourth-order valence-electron chi connectivity index (χ4n) is 2.37. The summed E-state index contributed by atoms with van der Waals surface area (Å²) in [5.41, 5.74) is 1.17. The number of benzene rings is 2. The van der Waals surface area contributed by atoms with Gasteiger partial charge in [-0.15, -0.1) is 10.2 Å². The molecule has 0 aliphatic rings. The number of aromatic nitrogens is 4. The monoisotopic (exact) mass is 336 g/mol. The molecule has 0 aliphatic heterocycles. The molecule has 7 heteroatoms. The Morgan fingerprint density at radius 3 is 2.44 bits per heavy atom. The van der Waals surface area contributed by atoms with E-state index >= 15 is 0 Å². The van der Waals surface area contributed by atoms with Crippen molar-refractivity contribution in [3.8, 4) is 22.8 Å². The van der Waals surface area contributed by atoms with Gasteiger partial charge in [-0.3, -0.25) is 0 Å². The van der Waals surface area contributed by atoms with Crippen molar-refractivity contribution >= 4 is 0 Å². The highest BCUT2D eigenvalue weighted by atomic mass is 19.1. The first-order valence-electron chi connectivity index (χ1n) is 7.75. The van der Waals surface area contributed by atoms with E-state index in [1.165, 1.54) is 6.07 Å². The summed E-state index contributed by atoms with van der Waals surface area (Å²) in [6.07, 6.45) is 0.886. The molecular weight excluding hydrogens is 323 g/mol. The quantitative estimate of drug-likeness (QED) is 0.553. The summed E-state index contributed by atoms with van der Waals surface area (Å²) in [6.45, 7) is 0. The highest BCUT2D eigenvalue weighted by molar-refractivity contribution is 5.54. The Morgan fingerprint density at radius 1 is 0.840 bits per heavy atom. The van der Waals surface area contributed by atoms with Gasteiger partial charge in [0.25, 0.3) is 5.89 Å². The van der Waals surface area contributed by atoms with Gasteiger partial charge < -0.3 is 8.94 Å². The van der Waals surface area contributed by atoms with Gasteiger partial charge in [0.1, 0.15) is 5.82 Å². The summed E-state index contributed by atoms with van der Waals surface area (Å²) in [5, 5.41) is 11.8. The number of aryl methyl sites for hydroxylation is 2. The van der Waals surface area contributed by atoms with Crippen LogP contribution in [0.2, 0.25) is 0 Å². The molecule has 124 valence electrons. The molecule has 0 spiro atoms. The summed E-state index contributed by atoms with van der Waals surface area (Å²) < 4.78 is 24.5. The van der Waals surface area contributed by atoms with Gasteiger partial charge in [0.2, 0.25) is 17.6 Å². The Labute approximate surface area is 142 Å². The van der Waals surface area contributed by atoms with Gasteiger partial charge in [0, 0.05) is 18.4 Å². The SMILES string of the molecule is Fc1ccccc1-c1nnc(CCc2nc(-c3ccccc3)no2)o1. The van der Waals surface area contributed by atoms with Crippen LogP contribution in [0.5, 0.6) is 0 Å². The van der Waals surface area contributed by atoms with E-state index in [0.717, 1.165) is 5.56 Å². The fraction of sp³-hybridized carbons (Fsp3) is 0.111.